The highest BCUT2D eigenvalue weighted by Gasteiger charge is 2.28. The van der Waals surface area contributed by atoms with Crippen LogP contribution in [0.4, 0.5) is 8.78 Å². The minimum atomic E-state index is -0.755. The first-order valence-corrected chi connectivity index (χ1v) is 16.2. The van der Waals surface area contributed by atoms with Gasteiger partial charge in [-0.3, -0.25) is 19.3 Å². The molecule has 2 fully saturated rings. The molecule has 14 heteroatoms. The number of nitrogens with zero attached hydrogens (tertiary/aromatic N) is 3. The molecule has 4 heterocycles. The van der Waals surface area contributed by atoms with Crippen LogP contribution in [-0.4, -0.2) is 84.0 Å². The van der Waals surface area contributed by atoms with Crippen molar-refractivity contribution < 1.29 is 32.6 Å². The Bertz CT molecular complexity index is 1410. The molecule has 2 aromatic heterocycles. The van der Waals surface area contributed by atoms with E-state index in [9.17, 15) is 32.8 Å². The lowest BCUT2D eigenvalue weighted by Crippen LogP contribution is -2.47. The van der Waals surface area contributed by atoms with Gasteiger partial charge in [-0.05, 0) is 50.2 Å². The summed E-state index contributed by atoms with van der Waals surface area (Å²) >= 11 is 0. The molecule has 0 saturated carbocycles. The van der Waals surface area contributed by atoms with Crippen molar-refractivity contribution in [2.24, 2.45) is 11.8 Å². The van der Waals surface area contributed by atoms with Gasteiger partial charge in [-0.1, -0.05) is 33.8 Å². The van der Waals surface area contributed by atoms with Crippen molar-refractivity contribution in [1.29, 1.82) is 0 Å². The van der Waals surface area contributed by atoms with Crippen molar-refractivity contribution in [3.63, 3.8) is 0 Å². The fourth-order valence-electron chi connectivity index (χ4n) is 4.89. The van der Waals surface area contributed by atoms with Gasteiger partial charge in [-0.15, -0.1) is 12.4 Å². The Kier molecular flexibility index (Phi) is 19.1. The number of nitrogens with one attached hydrogen (secondary N) is 1. The predicted octanol–water partition coefficient (Wildman–Crippen LogP) is 4.31. The van der Waals surface area contributed by atoms with Crippen LogP contribution in [0, 0.1) is 11.8 Å². The highest BCUT2D eigenvalue weighted by Crippen LogP contribution is 2.21. The van der Waals surface area contributed by atoms with Crippen LogP contribution in [0.5, 0.6) is 0 Å². The smallest absolute Gasteiger partial charge is 0.329 e. The third-order valence-electron chi connectivity index (χ3n) is 7.33. The van der Waals surface area contributed by atoms with E-state index in [2.05, 4.69) is 5.32 Å². The molecule has 0 spiro atoms. The molecular formula is C34H51ClF2N4O7. The number of hydrogen-bond donors (Lipinski definition) is 1. The molecule has 1 N–H and O–H groups in total. The molecule has 2 saturated heterocycles. The molecule has 2 atom stereocenters. The van der Waals surface area contributed by atoms with E-state index >= 15 is 0 Å². The van der Waals surface area contributed by atoms with E-state index in [4.69, 9.17) is 9.47 Å². The molecule has 11 nitrogen and oxygen atoms in total. The van der Waals surface area contributed by atoms with E-state index in [1.165, 1.54) is 33.5 Å². The van der Waals surface area contributed by atoms with Gasteiger partial charge in [-0.25, -0.2) is 18.4 Å². The first-order chi connectivity index (χ1) is 22.3. The van der Waals surface area contributed by atoms with Crippen molar-refractivity contribution in [3.05, 3.63) is 68.5 Å². The summed E-state index contributed by atoms with van der Waals surface area (Å²) in [6, 6.07) is 4.62. The van der Waals surface area contributed by atoms with Crippen molar-refractivity contribution in [3.8, 4) is 0 Å². The molecule has 2 aliphatic rings. The van der Waals surface area contributed by atoms with Gasteiger partial charge in [-0.2, -0.15) is 0 Å². The molecule has 0 aliphatic carbocycles. The number of aldehydes is 1. The Morgan fingerprint density at radius 3 is 1.67 bits per heavy atom. The van der Waals surface area contributed by atoms with Crippen LogP contribution in [0.3, 0.4) is 0 Å². The number of carbonyl (C=O) groups excluding carboxylic acids is 3. The molecule has 270 valence electrons. The van der Waals surface area contributed by atoms with Gasteiger partial charge in [0.25, 0.3) is 11.1 Å². The third-order valence-corrected chi connectivity index (χ3v) is 7.33. The number of alkyl halides is 2. The summed E-state index contributed by atoms with van der Waals surface area (Å²) in [5, 5.41) is 2.79. The van der Waals surface area contributed by atoms with E-state index in [-0.39, 0.29) is 54.5 Å². The first-order valence-electron chi connectivity index (χ1n) is 16.2. The summed E-state index contributed by atoms with van der Waals surface area (Å²) in [5.74, 6) is -0.349. The average molecular weight is 701 g/mol. The molecule has 2 unspecified atom stereocenters. The molecule has 48 heavy (non-hydrogen) atoms. The summed E-state index contributed by atoms with van der Waals surface area (Å²) in [5.41, 5.74) is 0.718. The zero-order valence-electron chi connectivity index (χ0n) is 28.7. The van der Waals surface area contributed by atoms with Gasteiger partial charge >= 0.3 is 11.9 Å². The molecule has 2 aliphatic heterocycles. The molecule has 0 aromatic carbocycles. The second-order valence-electron chi connectivity index (χ2n) is 12.5. The number of rotatable bonds is 13. The lowest BCUT2D eigenvalue weighted by Gasteiger charge is -2.34. The lowest BCUT2D eigenvalue weighted by molar-refractivity contribution is -0.148. The van der Waals surface area contributed by atoms with Crippen molar-refractivity contribution >= 4 is 30.6 Å². The average Bonchev–Trinajstić information content (AvgIpc) is 2.99. The fraction of sp³-hybridized carbons (Fsp3) is 0.618. The van der Waals surface area contributed by atoms with Crippen LogP contribution in [-0.2, 0) is 25.6 Å². The standard InChI is InChI=1S/C17H25FN2O3.C14H19NO4.C3H6FN.ClH/c1-4-23-17(22)15(7-12(2)3)20-9-13(5-6-16(20)21)8-19-10-14(18)11-19;1-4-19-14(18)12(7-10(2)3)15-8-11(9-16)5-6-13(15)17;4-3-1-5-2-3;/h5-6,9,12,14-15H,4,7-8,10-11H2,1-3H3;5-6,8-10,12H,4,7H2,1-3H3;3,5H,1-2H2;1H. The van der Waals surface area contributed by atoms with E-state index in [0.29, 0.717) is 57.4 Å². The normalized spacial score (nSPS) is 15.7. The number of carbonyl (C=O) groups is 3. The van der Waals surface area contributed by atoms with Gasteiger partial charge in [0, 0.05) is 62.8 Å². The maximum atomic E-state index is 12.9. The van der Waals surface area contributed by atoms with Gasteiger partial charge in [0.1, 0.15) is 24.4 Å². The van der Waals surface area contributed by atoms with Crippen LogP contribution >= 0.6 is 12.4 Å². The molecule has 0 bridgehead atoms. The third kappa shape index (κ3) is 14.0. The second-order valence-corrected chi connectivity index (χ2v) is 12.5. The maximum absolute atomic E-state index is 12.9. The van der Waals surface area contributed by atoms with Gasteiger partial charge in [0.05, 0.1) is 13.2 Å². The highest BCUT2D eigenvalue weighted by atomic mass is 35.5. The van der Waals surface area contributed by atoms with E-state index in [1.807, 2.05) is 32.6 Å². The van der Waals surface area contributed by atoms with Crippen LogP contribution in [0.25, 0.3) is 0 Å². The highest BCUT2D eigenvalue weighted by molar-refractivity contribution is 5.85. The Labute approximate surface area is 287 Å². The number of likely N-dealkylation sites (tertiary alicyclic amines) is 1. The van der Waals surface area contributed by atoms with Gasteiger partial charge < -0.3 is 23.9 Å². The summed E-state index contributed by atoms with van der Waals surface area (Å²) in [6.07, 6.45) is 3.48. The lowest BCUT2D eigenvalue weighted by atomic mass is 10.0. The first kappa shape index (κ1) is 42.6. The second kappa shape index (κ2) is 21.5. The Balaban J connectivity index is 0.000000416. The van der Waals surface area contributed by atoms with E-state index in [1.54, 1.807) is 26.1 Å². The molecule has 0 amide bonds. The number of halogens is 3. The van der Waals surface area contributed by atoms with Gasteiger partial charge in [0.2, 0.25) is 0 Å². The Morgan fingerprint density at radius 1 is 0.833 bits per heavy atom. The fourth-order valence-corrected chi connectivity index (χ4v) is 4.89. The minimum absolute atomic E-state index is 0. The SMILES string of the molecule is CCOC(=O)C(CC(C)C)n1cc(C=O)ccc1=O.CCOC(=O)C(CC(C)C)n1cc(CN2CC(F)C2)ccc1=O.Cl.FC1CNC1. The number of pyridine rings is 2. The van der Waals surface area contributed by atoms with Crippen molar-refractivity contribution in [1.82, 2.24) is 19.4 Å². The van der Waals surface area contributed by atoms with Crippen LogP contribution in [0.2, 0.25) is 0 Å². The van der Waals surface area contributed by atoms with E-state index < -0.39 is 30.4 Å². The number of ether oxygens (including phenoxy) is 2. The topological polar surface area (TPSA) is 129 Å². The Morgan fingerprint density at radius 2 is 1.29 bits per heavy atom. The van der Waals surface area contributed by atoms with E-state index in [0.717, 1.165) is 5.56 Å². The quantitative estimate of drug-likeness (QED) is 0.240. The summed E-state index contributed by atoms with van der Waals surface area (Å²) < 4.78 is 37.2. The number of hydrogen-bond acceptors (Lipinski definition) is 9. The molecule has 2 aromatic rings. The largest absolute Gasteiger partial charge is 0.464 e. The number of aromatic nitrogens is 2. The zero-order chi connectivity index (χ0) is 35.1. The summed E-state index contributed by atoms with van der Waals surface area (Å²) in [6.45, 7) is 14.5. The summed E-state index contributed by atoms with van der Waals surface area (Å²) in [7, 11) is 0. The van der Waals surface area contributed by atoms with Crippen molar-refractivity contribution in [2.45, 2.75) is 85.4 Å². The van der Waals surface area contributed by atoms with Crippen LogP contribution in [0.1, 0.15) is 82.4 Å². The van der Waals surface area contributed by atoms with Gasteiger partial charge in [0.15, 0.2) is 6.29 Å². The molecule has 0 radical (unpaired) electrons. The number of esters is 2. The van der Waals surface area contributed by atoms with Crippen LogP contribution < -0.4 is 16.4 Å². The maximum Gasteiger partial charge on any atom is 0.329 e. The molecule has 4 rings (SSSR count). The minimum Gasteiger partial charge on any atom is -0.464 e. The van der Waals surface area contributed by atoms with Crippen molar-refractivity contribution in [2.75, 3.05) is 39.4 Å². The monoisotopic (exact) mass is 700 g/mol. The van der Waals surface area contributed by atoms with Crippen LogP contribution in [0.15, 0.2) is 46.2 Å². The zero-order valence-corrected chi connectivity index (χ0v) is 29.5. The Hall–Kier alpha value is -3.42. The summed E-state index contributed by atoms with van der Waals surface area (Å²) in [4.78, 5) is 61.0. The predicted molar refractivity (Wildman–Crippen MR) is 182 cm³/mol. The molecular weight excluding hydrogens is 650 g/mol.